The molecule has 10 heteroatoms. The first-order chi connectivity index (χ1) is 7.92. The van der Waals surface area contributed by atoms with Gasteiger partial charge in [0.05, 0.1) is 10.5 Å². The van der Waals surface area contributed by atoms with E-state index in [9.17, 15) is 30.0 Å². The molecule has 1 N–H and O–H groups in total. The molecule has 1 rings (SSSR count). The van der Waals surface area contributed by atoms with E-state index in [0.29, 0.717) is 24.3 Å². The van der Waals surface area contributed by atoms with Crippen LogP contribution in [0.5, 0.6) is 0 Å². The van der Waals surface area contributed by atoms with E-state index in [2.05, 4.69) is 0 Å². The van der Waals surface area contributed by atoms with E-state index in [1.54, 1.807) is 0 Å². The highest BCUT2D eigenvalue weighted by Crippen LogP contribution is 2.29. The molecule has 0 saturated carbocycles. The summed E-state index contributed by atoms with van der Waals surface area (Å²) in [6.07, 6.45) is -4.62. The van der Waals surface area contributed by atoms with Crippen LogP contribution in [0.1, 0.15) is 5.56 Å². The largest absolute Gasteiger partial charge is 0.416 e. The SMILES string of the molecule is O=S(=O)(O)CS(=O)(=O)c1ccc(C(F)(F)F)cc1. The highest BCUT2D eigenvalue weighted by Gasteiger charge is 2.31. The molecule has 0 aliphatic rings. The summed E-state index contributed by atoms with van der Waals surface area (Å²) in [6, 6.07) is 2.28. The second-order valence-corrected chi connectivity index (χ2v) is 7.14. The molecule has 0 amide bonds. The summed E-state index contributed by atoms with van der Waals surface area (Å²) >= 11 is 0. The highest BCUT2D eigenvalue weighted by atomic mass is 32.3. The van der Waals surface area contributed by atoms with Gasteiger partial charge in [0.25, 0.3) is 10.1 Å². The van der Waals surface area contributed by atoms with E-state index in [0.717, 1.165) is 0 Å². The Morgan fingerprint density at radius 3 is 1.78 bits per heavy atom. The van der Waals surface area contributed by atoms with E-state index in [-0.39, 0.29) is 0 Å². The number of alkyl halides is 3. The van der Waals surface area contributed by atoms with Gasteiger partial charge in [-0.05, 0) is 24.3 Å². The zero-order chi connectivity index (χ0) is 14.2. The lowest BCUT2D eigenvalue weighted by atomic mass is 10.2. The smallest absolute Gasteiger partial charge is 0.285 e. The van der Waals surface area contributed by atoms with Crippen LogP contribution >= 0.6 is 0 Å². The van der Waals surface area contributed by atoms with Gasteiger partial charge in [-0.15, -0.1) is 0 Å². The van der Waals surface area contributed by atoms with Gasteiger partial charge >= 0.3 is 6.18 Å². The fraction of sp³-hybridized carbons (Fsp3) is 0.250. The van der Waals surface area contributed by atoms with Gasteiger partial charge in [0.1, 0.15) is 0 Å². The Labute approximate surface area is 101 Å². The molecule has 102 valence electrons. The predicted molar refractivity (Wildman–Crippen MR) is 55.0 cm³/mol. The van der Waals surface area contributed by atoms with Crippen LogP contribution in [-0.4, -0.2) is 26.5 Å². The highest BCUT2D eigenvalue weighted by molar-refractivity contribution is 8.05. The van der Waals surface area contributed by atoms with Gasteiger partial charge in [0.15, 0.2) is 14.9 Å². The first-order valence-corrected chi connectivity index (χ1v) is 7.53. The Kier molecular flexibility index (Phi) is 3.75. The standard InChI is InChI=1S/C8H7F3O5S2/c9-8(10,11)6-1-3-7(4-2-6)17(12,13)5-18(14,15)16/h1-4H,5H2,(H,14,15,16). The van der Waals surface area contributed by atoms with Crippen molar-refractivity contribution in [2.45, 2.75) is 11.1 Å². The lowest BCUT2D eigenvalue weighted by molar-refractivity contribution is -0.137. The third-order valence-corrected chi connectivity index (χ3v) is 5.27. The summed E-state index contributed by atoms with van der Waals surface area (Å²) in [5, 5.41) is -1.58. The molecule has 18 heavy (non-hydrogen) atoms. The average Bonchev–Trinajstić information content (AvgIpc) is 2.13. The minimum atomic E-state index is -4.78. The van der Waals surface area contributed by atoms with E-state index in [4.69, 9.17) is 4.55 Å². The van der Waals surface area contributed by atoms with Crippen molar-refractivity contribution < 1.29 is 34.6 Å². The molecule has 1 aromatic carbocycles. The second kappa shape index (κ2) is 4.52. The minimum absolute atomic E-state index is 0.511. The first-order valence-electron chi connectivity index (χ1n) is 4.27. The molecule has 5 nitrogen and oxygen atoms in total. The van der Waals surface area contributed by atoms with E-state index in [1.165, 1.54) is 0 Å². The van der Waals surface area contributed by atoms with Crippen LogP contribution in [0.2, 0.25) is 0 Å². The quantitative estimate of drug-likeness (QED) is 0.851. The van der Waals surface area contributed by atoms with Crippen molar-refractivity contribution >= 4 is 20.0 Å². The van der Waals surface area contributed by atoms with E-state index < -0.39 is 41.7 Å². The third-order valence-electron chi connectivity index (χ3n) is 1.84. The zero-order valence-electron chi connectivity index (χ0n) is 8.55. The normalized spacial score (nSPS) is 13.6. The third kappa shape index (κ3) is 3.96. The Bertz CT molecular complexity index is 628. The first kappa shape index (κ1) is 14.9. The molecule has 0 aliphatic carbocycles. The van der Waals surface area contributed by atoms with Crippen LogP contribution in [-0.2, 0) is 26.1 Å². The fourth-order valence-electron chi connectivity index (χ4n) is 1.12. The Balaban J connectivity index is 3.14. The number of sulfone groups is 1. The fourth-order valence-corrected chi connectivity index (χ4v) is 3.78. The van der Waals surface area contributed by atoms with Crippen LogP contribution in [0.25, 0.3) is 0 Å². The molecule has 0 aliphatic heterocycles. The molecule has 0 radical (unpaired) electrons. The van der Waals surface area contributed by atoms with Gasteiger partial charge < -0.3 is 0 Å². The Morgan fingerprint density at radius 1 is 1.00 bits per heavy atom. The van der Waals surface area contributed by atoms with Crippen LogP contribution < -0.4 is 0 Å². The molecular weight excluding hydrogens is 297 g/mol. The monoisotopic (exact) mass is 304 g/mol. The van der Waals surface area contributed by atoms with Gasteiger partial charge in [-0.25, -0.2) is 8.42 Å². The van der Waals surface area contributed by atoms with Crippen LogP contribution in [0.4, 0.5) is 13.2 Å². The topological polar surface area (TPSA) is 88.5 Å². The predicted octanol–water partition coefficient (Wildman–Crippen LogP) is 1.32. The molecule has 0 bridgehead atoms. The molecule has 0 fully saturated rings. The number of hydrogen-bond acceptors (Lipinski definition) is 4. The van der Waals surface area contributed by atoms with Crippen molar-refractivity contribution in [2.24, 2.45) is 0 Å². The summed E-state index contributed by atoms with van der Waals surface area (Å²) in [6.45, 7) is 0. The van der Waals surface area contributed by atoms with Crippen LogP contribution in [0, 0.1) is 0 Å². The van der Waals surface area contributed by atoms with Crippen molar-refractivity contribution in [3.05, 3.63) is 29.8 Å². The van der Waals surface area contributed by atoms with Gasteiger partial charge in [-0.2, -0.15) is 21.6 Å². The number of hydrogen-bond donors (Lipinski definition) is 1. The van der Waals surface area contributed by atoms with E-state index in [1.807, 2.05) is 0 Å². The average molecular weight is 304 g/mol. The maximum absolute atomic E-state index is 12.2. The summed E-state index contributed by atoms with van der Waals surface area (Å²) in [5.74, 6) is 0. The summed E-state index contributed by atoms with van der Waals surface area (Å²) < 4.78 is 88.7. The lowest BCUT2D eigenvalue weighted by Gasteiger charge is -2.07. The van der Waals surface area contributed by atoms with Gasteiger partial charge in [0, 0.05) is 0 Å². The number of halogens is 3. The molecule has 0 aromatic heterocycles. The maximum Gasteiger partial charge on any atom is 0.416 e. The molecule has 0 spiro atoms. The minimum Gasteiger partial charge on any atom is -0.285 e. The van der Waals surface area contributed by atoms with Crippen molar-refractivity contribution in [1.29, 1.82) is 0 Å². The molecule has 1 aromatic rings. The van der Waals surface area contributed by atoms with Crippen LogP contribution in [0.3, 0.4) is 0 Å². The van der Waals surface area contributed by atoms with Crippen molar-refractivity contribution in [3.63, 3.8) is 0 Å². The molecule has 0 atom stereocenters. The summed E-state index contributed by atoms with van der Waals surface area (Å²) in [7, 11) is -9.16. The number of benzene rings is 1. The van der Waals surface area contributed by atoms with Crippen molar-refractivity contribution in [3.8, 4) is 0 Å². The van der Waals surface area contributed by atoms with Gasteiger partial charge in [0.2, 0.25) is 0 Å². The second-order valence-electron chi connectivity index (χ2n) is 3.34. The molecular formula is C8H7F3O5S2. The maximum atomic E-state index is 12.2. The van der Waals surface area contributed by atoms with Crippen molar-refractivity contribution in [2.75, 3.05) is 5.08 Å². The van der Waals surface area contributed by atoms with Gasteiger partial charge in [-0.1, -0.05) is 0 Å². The van der Waals surface area contributed by atoms with Gasteiger partial charge in [-0.3, -0.25) is 4.55 Å². The molecule has 0 saturated heterocycles. The summed E-state index contributed by atoms with van der Waals surface area (Å²) in [4.78, 5) is -0.617. The zero-order valence-corrected chi connectivity index (χ0v) is 10.2. The van der Waals surface area contributed by atoms with Crippen molar-refractivity contribution in [1.82, 2.24) is 0 Å². The number of rotatable bonds is 3. The lowest BCUT2D eigenvalue weighted by Crippen LogP contribution is -2.16. The molecule has 0 unspecified atom stereocenters. The summed E-state index contributed by atoms with van der Waals surface area (Å²) in [5.41, 5.74) is -1.06. The van der Waals surface area contributed by atoms with E-state index >= 15 is 0 Å². The van der Waals surface area contributed by atoms with Crippen LogP contribution in [0.15, 0.2) is 29.2 Å². The Hall–Kier alpha value is -1.13. The Morgan fingerprint density at radius 2 is 1.44 bits per heavy atom. The molecule has 0 heterocycles.